The Balaban J connectivity index is 0.000000133. The summed E-state index contributed by atoms with van der Waals surface area (Å²) in [7, 11) is 0. The smallest absolute Gasteiger partial charge is 0.260 e. The number of allylic oxidation sites excluding steroid dienone is 3. The number of aliphatic hydroxyl groups excluding tert-OH is 3. The number of pyridine rings is 3. The highest BCUT2D eigenvalue weighted by Crippen LogP contribution is 2.38. The molecule has 9 N–H and O–H groups in total. The van der Waals surface area contributed by atoms with E-state index in [9.17, 15) is 10.2 Å². The van der Waals surface area contributed by atoms with Crippen LogP contribution in [-0.4, -0.2) is 181 Å². The van der Waals surface area contributed by atoms with Gasteiger partial charge in [0.2, 0.25) is 0 Å². The van der Waals surface area contributed by atoms with Crippen molar-refractivity contribution in [2.24, 2.45) is 15.0 Å². The van der Waals surface area contributed by atoms with Crippen LogP contribution in [0.5, 0.6) is 17.6 Å². The van der Waals surface area contributed by atoms with Crippen molar-refractivity contribution in [2.75, 3.05) is 59.5 Å². The van der Waals surface area contributed by atoms with E-state index in [0.717, 1.165) is 69.0 Å². The van der Waals surface area contributed by atoms with E-state index in [1.54, 1.807) is 100 Å². The van der Waals surface area contributed by atoms with Gasteiger partial charge in [-0.25, -0.2) is 43.5 Å². The second kappa shape index (κ2) is 30.0. The summed E-state index contributed by atoms with van der Waals surface area (Å²) in [6, 6.07) is 20.5. The van der Waals surface area contributed by atoms with Crippen molar-refractivity contribution in [3.8, 4) is 17.6 Å². The summed E-state index contributed by atoms with van der Waals surface area (Å²) in [6.07, 6.45) is 31.2. The molecular formula is C69H69N21O9. The van der Waals surface area contributed by atoms with Crippen molar-refractivity contribution in [1.82, 2.24) is 72.4 Å². The highest BCUT2D eigenvalue weighted by molar-refractivity contribution is 6.55. The maximum Gasteiger partial charge on any atom is 0.260 e. The molecule has 30 nitrogen and oxygen atoms in total. The van der Waals surface area contributed by atoms with E-state index < -0.39 is 0 Å². The Bertz CT molecular complexity index is 5050. The first-order valence-corrected chi connectivity index (χ1v) is 31.7. The van der Waals surface area contributed by atoms with Gasteiger partial charge in [0.25, 0.3) is 17.6 Å². The predicted octanol–water partition coefficient (Wildman–Crippen LogP) is 8.33. The van der Waals surface area contributed by atoms with Crippen LogP contribution >= 0.6 is 0 Å². The van der Waals surface area contributed by atoms with Gasteiger partial charge in [-0.05, 0) is 74.4 Å². The van der Waals surface area contributed by atoms with Crippen molar-refractivity contribution < 1.29 is 43.7 Å². The number of ether oxygens (including phenoxy) is 6. The molecule has 15 rings (SSSR count). The lowest BCUT2D eigenvalue weighted by Crippen LogP contribution is -2.20. The third-order valence-electron chi connectivity index (χ3n) is 15.9. The lowest BCUT2D eigenvalue weighted by molar-refractivity contribution is 0.197. The maximum atomic E-state index is 9.22. The van der Waals surface area contributed by atoms with E-state index in [-0.39, 0.29) is 51.1 Å². The molecular weight excluding hydrogens is 1270 g/mol. The number of rotatable bonds is 25. The lowest BCUT2D eigenvalue weighted by Gasteiger charge is -2.18. The largest absolute Gasteiger partial charge is 0.491 e. The molecule has 12 heterocycles. The van der Waals surface area contributed by atoms with E-state index in [4.69, 9.17) is 64.7 Å². The zero-order valence-electron chi connectivity index (χ0n) is 53.9. The Morgan fingerprint density at radius 1 is 0.444 bits per heavy atom. The summed E-state index contributed by atoms with van der Waals surface area (Å²) >= 11 is 0. The molecule has 0 spiro atoms. The van der Waals surface area contributed by atoms with Gasteiger partial charge in [0.15, 0.2) is 17.1 Å². The number of nitrogens with zero attached hydrogens (tertiary/aromatic N) is 15. The Labute approximate surface area is 564 Å². The first-order chi connectivity index (χ1) is 48.5. The van der Waals surface area contributed by atoms with Gasteiger partial charge >= 0.3 is 0 Å². The summed E-state index contributed by atoms with van der Waals surface area (Å²) < 4.78 is 46.0. The average molecular weight is 1340 g/mol. The van der Waals surface area contributed by atoms with Crippen LogP contribution in [-0.2, 0) is 33.8 Å². The lowest BCUT2D eigenvalue weighted by atomic mass is 9.95. The molecule has 0 saturated carbocycles. The monoisotopic (exact) mass is 1340 g/mol. The van der Waals surface area contributed by atoms with Gasteiger partial charge in [-0.2, -0.15) is 0 Å². The van der Waals surface area contributed by atoms with Gasteiger partial charge in [-0.3, -0.25) is 16.2 Å². The highest BCUT2D eigenvalue weighted by atomic mass is 16.5. The Morgan fingerprint density at radius 2 is 0.838 bits per heavy atom. The summed E-state index contributed by atoms with van der Waals surface area (Å²) in [4.78, 5) is 36.1. The molecule has 0 aromatic carbocycles. The van der Waals surface area contributed by atoms with Crippen LogP contribution in [0.25, 0.3) is 33.8 Å². The number of hydrogen-bond acceptors (Lipinski definition) is 21. The molecule has 3 aliphatic carbocycles. The molecule has 12 aromatic rings. The molecule has 3 aliphatic rings. The summed E-state index contributed by atoms with van der Waals surface area (Å²) in [5.74, 6) is 2.74. The topological polar surface area (TPSA) is 377 Å². The van der Waals surface area contributed by atoms with Crippen LogP contribution in [0.15, 0.2) is 187 Å². The van der Waals surface area contributed by atoms with Gasteiger partial charge in [0.1, 0.15) is 50.3 Å². The van der Waals surface area contributed by atoms with Crippen molar-refractivity contribution in [3.05, 3.63) is 217 Å². The van der Waals surface area contributed by atoms with Crippen molar-refractivity contribution in [2.45, 2.75) is 39.9 Å². The van der Waals surface area contributed by atoms with Crippen molar-refractivity contribution in [3.63, 3.8) is 0 Å². The number of fused-ring (bicyclic) bond motifs is 6. The number of aliphatic imine (C=N–C) groups is 3. The molecule has 0 aliphatic heterocycles. The standard InChI is InChI=1S/C24H25N7O3.C23H23N7O3.C22H21N7O3/c1-15-16(2)27-23-19(33-11-9-30-8-6-26-14-30)13-17(21(25)20(15)23)28-22-18-5-3-4-7-31(18)29-24(22)34-12-10-32;24-20-16-5-6-26-21(16)19(32-12-3-8-29-10-7-25-15-29)14-17(20)27-22-18-4-1-2-9-30(18)28-23(22)33-13-11-31;23-19-15-4-5-25-20(15)18(31-11-9-28-8-6-24-14-28)13-16(19)26-21-17-3-1-2-7-29(17)27-22(21)32-12-10-30/h3-8,13-14,25,27,32H,9-12H2,1-2H3;1-2,4-7,9-10,14-15,24,26,31H,3,8,11-13H2;1-8,13-14,23,25,30H,9-12H2. The number of H-pyrrole nitrogens is 3. The van der Waals surface area contributed by atoms with Gasteiger partial charge in [-0.15, -0.1) is 15.3 Å². The summed E-state index contributed by atoms with van der Waals surface area (Å²) in [5, 5.41) is 67.1. The fourth-order valence-electron chi connectivity index (χ4n) is 11.1. The third kappa shape index (κ3) is 14.2. The van der Waals surface area contributed by atoms with Crippen LogP contribution in [0, 0.1) is 30.1 Å². The second-order valence-corrected chi connectivity index (χ2v) is 22.4. The Kier molecular flexibility index (Phi) is 19.8. The zero-order chi connectivity index (χ0) is 68.2. The van der Waals surface area contributed by atoms with E-state index >= 15 is 0 Å². The molecule has 0 amide bonds. The van der Waals surface area contributed by atoms with Gasteiger partial charge in [0, 0.05) is 115 Å². The van der Waals surface area contributed by atoms with Crippen LogP contribution < -0.4 is 14.2 Å². The minimum absolute atomic E-state index is 0.0951. The van der Waals surface area contributed by atoms with E-state index in [1.165, 1.54) is 0 Å². The first kappa shape index (κ1) is 65.1. The summed E-state index contributed by atoms with van der Waals surface area (Å²) in [6.45, 7) is 7.30. The Hall–Kier alpha value is -12.5. The molecule has 99 heavy (non-hydrogen) atoms. The number of imidazole rings is 3. The van der Waals surface area contributed by atoms with E-state index in [0.29, 0.717) is 113 Å². The fraction of sp³-hybridized carbons (Fsp3) is 0.217. The zero-order valence-corrected chi connectivity index (χ0v) is 53.9. The molecule has 12 aromatic heterocycles. The minimum atomic E-state index is -0.139. The average Bonchev–Trinajstić information content (AvgIpc) is 1.71. The van der Waals surface area contributed by atoms with E-state index in [1.807, 2.05) is 113 Å². The van der Waals surface area contributed by atoms with Crippen LogP contribution in [0.4, 0.5) is 17.1 Å². The molecule has 0 fully saturated rings. The fourth-order valence-corrected chi connectivity index (χ4v) is 11.1. The third-order valence-corrected chi connectivity index (χ3v) is 15.9. The maximum absolute atomic E-state index is 9.22. The number of hydrogen-bond donors (Lipinski definition) is 9. The van der Waals surface area contributed by atoms with Crippen LogP contribution in [0.3, 0.4) is 0 Å². The molecule has 0 radical (unpaired) electrons. The number of aromatic nitrogens is 15. The van der Waals surface area contributed by atoms with Crippen molar-refractivity contribution in [1.29, 1.82) is 16.2 Å². The molecule has 504 valence electrons. The number of aliphatic hydroxyl groups is 3. The Morgan fingerprint density at radius 3 is 1.24 bits per heavy atom. The number of nitrogens with one attached hydrogen (secondary N) is 6. The molecule has 0 saturated heterocycles. The quantitative estimate of drug-likeness (QED) is 0.0243. The van der Waals surface area contributed by atoms with Gasteiger partial charge in [0.05, 0.1) is 126 Å². The molecule has 0 bridgehead atoms. The number of aromatic amines is 3. The van der Waals surface area contributed by atoms with Crippen LogP contribution in [0.1, 0.15) is 51.5 Å². The predicted molar refractivity (Wildman–Crippen MR) is 370 cm³/mol. The van der Waals surface area contributed by atoms with Crippen LogP contribution in [0.2, 0.25) is 0 Å². The van der Waals surface area contributed by atoms with E-state index in [2.05, 4.69) is 45.2 Å². The SMILES string of the molecule is Cc1[nH]c2c(c1C)C(=N)C(=Nc1c(OCCO)nn3ccccc13)C=C2OCCn1ccnc1.N=C1C(=Nc2c(OCCO)nn3ccccc23)C=C(OCCCn2ccnc2)c2[nH]ccc21.N=C1C(=Nc2c(OCCO)nn3ccccc23)C=C(OCCn2ccnc2)c2[nH]ccc21. The molecule has 30 heteroatoms. The van der Waals surface area contributed by atoms with Gasteiger partial charge in [-0.1, -0.05) is 18.2 Å². The minimum Gasteiger partial charge on any atom is -0.491 e. The first-order valence-electron chi connectivity index (χ1n) is 31.7. The number of aryl methyl sites for hydroxylation is 2. The molecule has 0 atom stereocenters. The normalized spacial score (nSPS) is 14.5. The van der Waals surface area contributed by atoms with Crippen molar-refractivity contribution >= 4 is 85.2 Å². The second-order valence-electron chi connectivity index (χ2n) is 22.4. The molecule has 0 unspecified atom stereocenters. The summed E-state index contributed by atoms with van der Waals surface area (Å²) in [5.41, 5.74) is 12.3. The highest BCUT2D eigenvalue weighted by Gasteiger charge is 2.31. The van der Waals surface area contributed by atoms with Gasteiger partial charge < -0.3 is 72.4 Å².